The number of hydrogen-bond donors (Lipinski definition) is 1. The second kappa shape index (κ2) is 7.89. The molecule has 0 aromatic heterocycles. The van der Waals surface area contributed by atoms with Gasteiger partial charge >= 0.3 is 12.4 Å². The summed E-state index contributed by atoms with van der Waals surface area (Å²) in [7, 11) is 0. The Bertz CT molecular complexity index is 782. The molecule has 0 radical (unpaired) electrons. The maximum atomic E-state index is 12.8. The van der Waals surface area contributed by atoms with Gasteiger partial charge in [0, 0.05) is 5.69 Å². The van der Waals surface area contributed by atoms with Gasteiger partial charge in [0.15, 0.2) is 6.61 Å². The van der Waals surface area contributed by atoms with Crippen molar-refractivity contribution in [2.45, 2.75) is 25.7 Å². The van der Waals surface area contributed by atoms with Crippen LogP contribution in [0, 0.1) is 0 Å². The summed E-state index contributed by atoms with van der Waals surface area (Å²) in [6, 6.07) is 7.68. The molecule has 0 atom stereocenters. The zero-order chi connectivity index (χ0) is 20.2. The van der Waals surface area contributed by atoms with Crippen LogP contribution in [0.5, 0.6) is 5.75 Å². The number of carbonyl (C=O) groups excluding carboxylic acids is 1. The summed E-state index contributed by atoms with van der Waals surface area (Å²) in [6.07, 6.45) is -9.34. The van der Waals surface area contributed by atoms with Gasteiger partial charge in [-0.2, -0.15) is 26.3 Å². The number of alkyl halides is 6. The Morgan fingerprint density at radius 1 is 0.963 bits per heavy atom. The topological polar surface area (TPSA) is 38.3 Å². The minimum atomic E-state index is -4.98. The summed E-state index contributed by atoms with van der Waals surface area (Å²) in [5, 5.41) is 2.51. The minimum Gasteiger partial charge on any atom is -0.484 e. The Kier molecular flexibility index (Phi) is 6.02. The molecule has 2 rings (SSSR count). The highest BCUT2D eigenvalue weighted by Gasteiger charge is 2.37. The van der Waals surface area contributed by atoms with Gasteiger partial charge in [0.25, 0.3) is 5.91 Å². The molecule has 1 N–H and O–H groups in total. The third-order valence-corrected chi connectivity index (χ3v) is 3.60. The van der Waals surface area contributed by atoms with Gasteiger partial charge in [-0.3, -0.25) is 4.79 Å². The first-order chi connectivity index (χ1) is 12.5. The molecule has 3 nitrogen and oxygen atoms in total. The number of benzene rings is 2. The lowest BCUT2D eigenvalue weighted by molar-refractivity contribution is -0.143. The van der Waals surface area contributed by atoms with Crippen molar-refractivity contribution in [3.05, 3.63) is 59.2 Å². The van der Waals surface area contributed by atoms with Crippen LogP contribution in [0.1, 0.15) is 23.6 Å². The molecule has 0 aliphatic carbocycles. The minimum absolute atomic E-state index is 0.00950. The van der Waals surface area contributed by atoms with E-state index in [-0.39, 0.29) is 6.07 Å². The molecule has 0 spiro atoms. The number of carbonyl (C=O) groups is 1. The zero-order valence-corrected chi connectivity index (χ0v) is 14.0. The van der Waals surface area contributed by atoms with Gasteiger partial charge in [-0.05, 0) is 36.2 Å². The summed E-state index contributed by atoms with van der Waals surface area (Å²) < 4.78 is 81.7. The van der Waals surface area contributed by atoms with Crippen molar-refractivity contribution in [2.75, 3.05) is 11.9 Å². The molecule has 2 aromatic rings. The van der Waals surface area contributed by atoms with Gasteiger partial charge in [0.05, 0.1) is 11.1 Å². The van der Waals surface area contributed by atoms with Gasteiger partial charge < -0.3 is 10.1 Å². The van der Waals surface area contributed by atoms with E-state index >= 15 is 0 Å². The van der Waals surface area contributed by atoms with Crippen LogP contribution in [-0.2, 0) is 23.6 Å². The third-order valence-electron chi connectivity index (χ3n) is 3.60. The number of amides is 1. The first-order valence-electron chi connectivity index (χ1n) is 7.80. The lowest BCUT2D eigenvalue weighted by atomic mass is 10.1. The Balaban J connectivity index is 2.16. The number of halogens is 6. The Morgan fingerprint density at radius 2 is 1.52 bits per heavy atom. The van der Waals surface area contributed by atoms with E-state index in [0.29, 0.717) is 24.2 Å². The maximum Gasteiger partial charge on any atom is 0.416 e. The lowest BCUT2D eigenvalue weighted by Crippen LogP contribution is -2.21. The second-order valence-electron chi connectivity index (χ2n) is 5.59. The highest BCUT2D eigenvalue weighted by atomic mass is 19.4. The second-order valence-corrected chi connectivity index (χ2v) is 5.59. The molecule has 1 amide bonds. The number of para-hydroxylation sites is 1. The Labute approximate surface area is 150 Å². The fourth-order valence-electron chi connectivity index (χ4n) is 2.30. The van der Waals surface area contributed by atoms with E-state index in [1.54, 1.807) is 24.3 Å². The largest absolute Gasteiger partial charge is 0.484 e. The van der Waals surface area contributed by atoms with E-state index in [9.17, 15) is 31.1 Å². The summed E-state index contributed by atoms with van der Waals surface area (Å²) in [4.78, 5) is 11.9. The summed E-state index contributed by atoms with van der Waals surface area (Å²) in [6.45, 7) is 1.12. The third kappa shape index (κ3) is 5.63. The number of hydrogen-bond acceptors (Lipinski definition) is 2. The van der Waals surface area contributed by atoms with Crippen LogP contribution in [0.4, 0.5) is 32.0 Å². The van der Waals surface area contributed by atoms with E-state index in [1.807, 2.05) is 6.92 Å². The van der Waals surface area contributed by atoms with Crippen LogP contribution in [0.25, 0.3) is 0 Å². The highest BCUT2D eigenvalue weighted by molar-refractivity contribution is 5.92. The van der Waals surface area contributed by atoms with Crippen molar-refractivity contribution in [1.29, 1.82) is 0 Å². The smallest absolute Gasteiger partial charge is 0.416 e. The first-order valence-corrected chi connectivity index (χ1v) is 7.80. The highest BCUT2D eigenvalue weighted by Crippen LogP contribution is 2.38. The standard InChI is InChI=1S/C18H15F6NO2/c1-2-11-5-3-4-6-15(11)25-16(26)10-27-14-8-12(17(19,20)21)7-13(9-14)18(22,23)24/h3-9H,2,10H2,1H3,(H,25,26). The van der Waals surface area contributed by atoms with Crippen molar-refractivity contribution < 1.29 is 35.9 Å². The Morgan fingerprint density at radius 3 is 2.04 bits per heavy atom. The number of rotatable bonds is 5. The predicted octanol–water partition coefficient (Wildman–Crippen LogP) is 5.30. The van der Waals surface area contributed by atoms with Crippen LogP contribution in [0.3, 0.4) is 0 Å². The quantitative estimate of drug-likeness (QED) is 0.702. The molecule has 0 heterocycles. The predicted molar refractivity (Wildman–Crippen MR) is 86.4 cm³/mol. The first kappa shape index (κ1) is 20.6. The van der Waals surface area contributed by atoms with Crippen molar-refractivity contribution in [3.8, 4) is 5.75 Å². The van der Waals surface area contributed by atoms with Crippen LogP contribution < -0.4 is 10.1 Å². The van der Waals surface area contributed by atoms with E-state index < -0.39 is 41.7 Å². The number of nitrogens with one attached hydrogen (secondary N) is 1. The molecule has 0 saturated carbocycles. The average molecular weight is 391 g/mol. The van der Waals surface area contributed by atoms with Gasteiger partial charge in [-0.1, -0.05) is 25.1 Å². The molecule has 0 saturated heterocycles. The van der Waals surface area contributed by atoms with E-state index in [4.69, 9.17) is 4.74 Å². The fraction of sp³-hybridized carbons (Fsp3) is 0.278. The molecular weight excluding hydrogens is 376 g/mol. The van der Waals surface area contributed by atoms with Crippen LogP contribution in [0.2, 0.25) is 0 Å². The van der Waals surface area contributed by atoms with Crippen LogP contribution in [0.15, 0.2) is 42.5 Å². The maximum absolute atomic E-state index is 12.8. The lowest BCUT2D eigenvalue weighted by Gasteiger charge is -2.15. The fourth-order valence-corrected chi connectivity index (χ4v) is 2.30. The average Bonchev–Trinajstić information content (AvgIpc) is 2.58. The SMILES string of the molecule is CCc1ccccc1NC(=O)COc1cc(C(F)(F)F)cc(C(F)(F)F)c1. The molecule has 9 heteroatoms. The van der Waals surface area contributed by atoms with Crippen LogP contribution in [-0.4, -0.2) is 12.5 Å². The molecular formula is C18H15F6NO2. The summed E-state index contributed by atoms with van der Waals surface area (Å²) in [5.74, 6) is -1.40. The molecule has 27 heavy (non-hydrogen) atoms. The summed E-state index contributed by atoms with van der Waals surface area (Å²) >= 11 is 0. The molecule has 0 bridgehead atoms. The molecule has 0 aliphatic heterocycles. The van der Waals surface area contributed by atoms with Crippen LogP contribution >= 0.6 is 0 Å². The van der Waals surface area contributed by atoms with Crippen molar-refractivity contribution >= 4 is 11.6 Å². The van der Waals surface area contributed by atoms with Crippen molar-refractivity contribution in [2.24, 2.45) is 0 Å². The van der Waals surface area contributed by atoms with Gasteiger partial charge in [0.2, 0.25) is 0 Å². The van der Waals surface area contributed by atoms with E-state index in [0.717, 1.165) is 5.56 Å². The molecule has 0 unspecified atom stereocenters. The summed E-state index contributed by atoms with van der Waals surface area (Å²) in [5.41, 5.74) is -1.70. The van der Waals surface area contributed by atoms with E-state index in [2.05, 4.69) is 5.32 Å². The number of ether oxygens (including phenoxy) is 1. The molecule has 146 valence electrons. The number of aryl methyl sites for hydroxylation is 1. The monoisotopic (exact) mass is 391 g/mol. The zero-order valence-electron chi connectivity index (χ0n) is 14.0. The van der Waals surface area contributed by atoms with Crippen molar-refractivity contribution in [1.82, 2.24) is 0 Å². The Hall–Kier alpha value is -2.71. The van der Waals surface area contributed by atoms with Crippen molar-refractivity contribution in [3.63, 3.8) is 0 Å². The molecule has 0 fully saturated rings. The van der Waals surface area contributed by atoms with E-state index in [1.165, 1.54) is 0 Å². The van der Waals surface area contributed by atoms with Gasteiger partial charge in [-0.15, -0.1) is 0 Å². The normalized spacial score (nSPS) is 12.0. The van der Waals surface area contributed by atoms with Gasteiger partial charge in [0.1, 0.15) is 5.75 Å². The molecule has 2 aromatic carbocycles. The molecule has 0 aliphatic rings. The number of anilines is 1. The van der Waals surface area contributed by atoms with Gasteiger partial charge in [-0.25, -0.2) is 0 Å².